The smallest absolute Gasteiger partial charge is 0.147 e. The number of hydrogen-bond donors (Lipinski definition) is 2. The van der Waals surface area contributed by atoms with Crippen LogP contribution in [0.3, 0.4) is 0 Å². The van der Waals surface area contributed by atoms with E-state index in [0.717, 1.165) is 11.3 Å². The minimum absolute atomic E-state index is 0.311. The number of pyridine rings is 1. The molecule has 2 atom stereocenters. The first-order valence-corrected chi connectivity index (χ1v) is 5.52. The highest BCUT2D eigenvalue weighted by Gasteiger charge is 2.31. The van der Waals surface area contributed by atoms with E-state index < -0.39 is 12.2 Å². The molecular weight excluding hydrogens is 218 g/mol. The molecule has 0 amide bonds. The average molecular weight is 233 g/mol. The van der Waals surface area contributed by atoms with Crippen molar-refractivity contribution in [1.29, 1.82) is 5.26 Å². The summed E-state index contributed by atoms with van der Waals surface area (Å²) in [5.41, 5.74) is 2.20. The molecule has 0 spiro atoms. The first kappa shape index (κ1) is 11.8. The van der Waals surface area contributed by atoms with Crippen LogP contribution in [0.4, 0.5) is 5.82 Å². The van der Waals surface area contributed by atoms with Gasteiger partial charge < -0.3 is 15.1 Å². The lowest BCUT2D eigenvalue weighted by Gasteiger charge is -2.19. The number of rotatable bonds is 1. The highest BCUT2D eigenvalue weighted by Crippen LogP contribution is 2.25. The van der Waals surface area contributed by atoms with Gasteiger partial charge in [0.1, 0.15) is 11.9 Å². The maximum absolute atomic E-state index is 9.53. The lowest BCUT2D eigenvalue weighted by atomic mass is 10.1. The minimum atomic E-state index is -0.774. The van der Waals surface area contributed by atoms with Crippen LogP contribution in [-0.2, 0) is 0 Å². The molecule has 2 heterocycles. The maximum atomic E-state index is 9.53. The van der Waals surface area contributed by atoms with E-state index in [1.165, 1.54) is 0 Å². The summed E-state index contributed by atoms with van der Waals surface area (Å²) in [6.45, 7) is 4.34. The first-order chi connectivity index (χ1) is 8.02. The Morgan fingerprint density at radius 3 is 2.47 bits per heavy atom. The Hall–Kier alpha value is -1.64. The molecule has 0 bridgehead atoms. The number of nitrogens with zero attached hydrogens (tertiary/aromatic N) is 3. The van der Waals surface area contributed by atoms with Crippen LogP contribution in [0.15, 0.2) is 6.07 Å². The van der Waals surface area contributed by atoms with Crippen LogP contribution < -0.4 is 4.90 Å². The fourth-order valence-corrected chi connectivity index (χ4v) is 2.13. The molecule has 2 N–H and O–H groups in total. The van der Waals surface area contributed by atoms with Gasteiger partial charge in [0.15, 0.2) is 0 Å². The van der Waals surface area contributed by atoms with Crippen LogP contribution in [0.1, 0.15) is 16.8 Å². The first-order valence-electron chi connectivity index (χ1n) is 5.52. The van der Waals surface area contributed by atoms with Crippen molar-refractivity contribution in [3.05, 3.63) is 22.9 Å². The molecule has 5 heteroatoms. The van der Waals surface area contributed by atoms with Gasteiger partial charge in [-0.15, -0.1) is 0 Å². The van der Waals surface area contributed by atoms with Crippen molar-refractivity contribution in [1.82, 2.24) is 4.98 Å². The molecule has 0 aliphatic carbocycles. The van der Waals surface area contributed by atoms with E-state index in [4.69, 9.17) is 5.26 Å². The van der Waals surface area contributed by atoms with Crippen molar-refractivity contribution >= 4 is 5.82 Å². The van der Waals surface area contributed by atoms with Crippen molar-refractivity contribution < 1.29 is 10.2 Å². The van der Waals surface area contributed by atoms with Gasteiger partial charge in [-0.1, -0.05) is 0 Å². The van der Waals surface area contributed by atoms with E-state index in [1.54, 1.807) is 4.90 Å². The third kappa shape index (κ3) is 2.09. The SMILES string of the molecule is Cc1cc(C)c(C#N)c(N2C[C@@H](O)[C@@H](O)C2)n1. The third-order valence-electron chi connectivity index (χ3n) is 3.00. The molecule has 0 unspecified atom stereocenters. The molecule has 0 aromatic carbocycles. The standard InChI is InChI=1S/C12H15N3O2/c1-7-3-8(2)14-12(9(7)4-13)15-5-10(16)11(17)6-15/h3,10-11,16-17H,5-6H2,1-2H3/t10-,11+. The molecular formula is C12H15N3O2. The Balaban J connectivity index is 2.42. The normalized spacial score (nSPS) is 23.8. The van der Waals surface area contributed by atoms with E-state index in [2.05, 4.69) is 11.1 Å². The molecule has 1 saturated heterocycles. The quantitative estimate of drug-likeness (QED) is 0.719. The Kier molecular flexibility index (Phi) is 3.01. The molecule has 17 heavy (non-hydrogen) atoms. The van der Waals surface area contributed by atoms with Gasteiger partial charge in [0.25, 0.3) is 0 Å². The van der Waals surface area contributed by atoms with Gasteiger partial charge in [-0.25, -0.2) is 4.98 Å². The average Bonchev–Trinajstić information content (AvgIpc) is 2.58. The van der Waals surface area contributed by atoms with Crippen LogP contribution >= 0.6 is 0 Å². The second kappa shape index (κ2) is 4.32. The summed E-state index contributed by atoms with van der Waals surface area (Å²) in [7, 11) is 0. The van der Waals surface area contributed by atoms with Crippen molar-refractivity contribution in [3.8, 4) is 6.07 Å². The fraction of sp³-hybridized carbons (Fsp3) is 0.500. The topological polar surface area (TPSA) is 80.4 Å². The zero-order chi connectivity index (χ0) is 12.6. The minimum Gasteiger partial charge on any atom is -0.389 e. The molecule has 1 aromatic heterocycles. The summed E-state index contributed by atoms with van der Waals surface area (Å²) < 4.78 is 0. The number of aromatic nitrogens is 1. The van der Waals surface area contributed by atoms with E-state index in [-0.39, 0.29) is 0 Å². The number of nitriles is 1. The summed E-state index contributed by atoms with van der Waals surface area (Å²) in [4.78, 5) is 6.09. The summed E-state index contributed by atoms with van der Waals surface area (Å²) >= 11 is 0. The maximum Gasteiger partial charge on any atom is 0.147 e. The fourth-order valence-electron chi connectivity index (χ4n) is 2.13. The lowest BCUT2D eigenvalue weighted by Crippen LogP contribution is -2.24. The summed E-state index contributed by atoms with van der Waals surface area (Å²) in [5.74, 6) is 0.556. The van der Waals surface area contributed by atoms with Crippen LogP contribution in [-0.4, -0.2) is 40.5 Å². The van der Waals surface area contributed by atoms with E-state index in [9.17, 15) is 10.2 Å². The number of aliphatic hydroxyl groups excluding tert-OH is 2. The van der Waals surface area contributed by atoms with Gasteiger partial charge in [-0.2, -0.15) is 5.26 Å². The molecule has 2 rings (SSSR count). The van der Waals surface area contributed by atoms with Gasteiger partial charge in [0.05, 0.1) is 17.8 Å². The van der Waals surface area contributed by atoms with Crippen LogP contribution in [0, 0.1) is 25.2 Å². The molecule has 1 aromatic rings. The molecule has 1 aliphatic rings. The molecule has 0 saturated carbocycles. The van der Waals surface area contributed by atoms with Crippen molar-refractivity contribution in [2.45, 2.75) is 26.1 Å². The summed E-state index contributed by atoms with van der Waals surface area (Å²) in [5, 5.41) is 28.2. The zero-order valence-corrected chi connectivity index (χ0v) is 9.88. The molecule has 5 nitrogen and oxygen atoms in total. The van der Waals surface area contributed by atoms with Gasteiger partial charge in [-0.05, 0) is 25.5 Å². The lowest BCUT2D eigenvalue weighted by molar-refractivity contribution is 0.0572. The predicted octanol–water partition coefficient (Wildman–Crippen LogP) is 0.112. The van der Waals surface area contributed by atoms with E-state index in [1.807, 2.05) is 19.9 Å². The van der Waals surface area contributed by atoms with Crippen LogP contribution in [0.2, 0.25) is 0 Å². The highest BCUT2D eigenvalue weighted by molar-refractivity contribution is 5.58. The number of aliphatic hydroxyl groups is 2. The van der Waals surface area contributed by atoms with Crippen molar-refractivity contribution in [3.63, 3.8) is 0 Å². The van der Waals surface area contributed by atoms with Gasteiger partial charge in [0, 0.05) is 18.8 Å². The second-order valence-corrected chi connectivity index (χ2v) is 4.43. The number of hydrogen-bond acceptors (Lipinski definition) is 5. The zero-order valence-electron chi connectivity index (χ0n) is 9.88. The van der Waals surface area contributed by atoms with E-state index in [0.29, 0.717) is 24.5 Å². The van der Waals surface area contributed by atoms with Crippen molar-refractivity contribution in [2.24, 2.45) is 0 Å². The Morgan fingerprint density at radius 2 is 1.94 bits per heavy atom. The predicted molar refractivity (Wildman–Crippen MR) is 62.7 cm³/mol. The highest BCUT2D eigenvalue weighted by atomic mass is 16.3. The summed E-state index contributed by atoms with van der Waals surface area (Å²) in [6, 6.07) is 3.98. The largest absolute Gasteiger partial charge is 0.389 e. The van der Waals surface area contributed by atoms with Crippen LogP contribution in [0.25, 0.3) is 0 Å². The number of anilines is 1. The second-order valence-electron chi connectivity index (χ2n) is 4.43. The number of β-amino-alcohol motifs (C(OH)–C–C–N with tert-alkyl or cyclic N) is 2. The van der Waals surface area contributed by atoms with E-state index >= 15 is 0 Å². The molecule has 0 radical (unpaired) electrons. The Labute approximate surface area is 99.9 Å². The number of aryl methyl sites for hydroxylation is 2. The summed E-state index contributed by atoms with van der Waals surface area (Å²) in [6.07, 6.45) is -1.55. The van der Waals surface area contributed by atoms with Crippen molar-refractivity contribution in [2.75, 3.05) is 18.0 Å². The Morgan fingerprint density at radius 1 is 1.35 bits per heavy atom. The molecule has 90 valence electrons. The van der Waals surface area contributed by atoms with Crippen LogP contribution in [0.5, 0.6) is 0 Å². The van der Waals surface area contributed by atoms with Gasteiger partial charge in [0.2, 0.25) is 0 Å². The monoisotopic (exact) mass is 233 g/mol. The van der Waals surface area contributed by atoms with Gasteiger partial charge >= 0.3 is 0 Å². The third-order valence-corrected chi connectivity index (χ3v) is 3.00. The molecule has 1 fully saturated rings. The van der Waals surface area contributed by atoms with Gasteiger partial charge in [-0.3, -0.25) is 0 Å². The molecule has 1 aliphatic heterocycles. The Bertz CT molecular complexity index is 471.